The topological polar surface area (TPSA) is 105 Å². The number of phosphoric acid groups is 1. The maximum atomic E-state index is 12.1. The highest BCUT2D eigenvalue weighted by atomic mass is 31.2. The molecule has 0 radical (unpaired) electrons. The molecule has 3 atom stereocenters. The molecule has 0 aromatic rings. The number of aliphatic hydroxyl groups is 1. The lowest BCUT2D eigenvalue weighted by Gasteiger charge is -2.25. The molecule has 0 bridgehead atoms. The highest BCUT2D eigenvalue weighted by Crippen LogP contribution is 2.43. The van der Waals surface area contributed by atoms with Crippen molar-refractivity contribution < 1.29 is 32.9 Å². The lowest BCUT2D eigenvalue weighted by Crippen LogP contribution is -2.44. The lowest BCUT2D eigenvalue weighted by atomic mass is 10.1. The number of rotatable bonds is 21. The summed E-state index contributed by atoms with van der Waals surface area (Å²) in [6, 6.07) is -0.865. The summed E-state index contributed by atoms with van der Waals surface area (Å²) in [6.45, 7) is 3.76. The fourth-order valence-electron chi connectivity index (χ4n) is 3.04. The zero-order valence-corrected chi connectivity index (χ0v) is 23.4. The summed E-state index contributed by atoms with van der Waals surface area (Å²) in [5, 5.41) is 13.0. The number of allylic oxidation sites excluding steroid dienone is 5. The zero-order valence-electron chi connectivity index (χ0n) is 22.5. The molecular weight excluding hydrogens is 467 g/mol. The molecule has 0 rings (SSSR count). The summed E-state index contributed by atoms with van der Waals surface area (Å²) in [6.07, 6.45) is 21.1. The number of hydrogen-bond donors (Lipinski definition) is 3. The molecule has 0 aromatic carbocycles. The van der Waals surface area contributed by atoms with Crippen LogP contribution >= 0.6 is 7.82 Å². The molecule has 0 aliphatic heterocycles. The molecule has 0 heterocycles. The summed E-state index contributed by atoms with van der Waals surface area (Å²) in [5.74, 6) is -0.372. The second-order valence-corrected chi connectivity index (χ2v) is 11.2. The Kier molecular flexibility index (Phi) is 19.1. The number of nitrogens with one attached hydrogen (secondary N) is 1. The lowest BCUT2D eigenvalue weighted by molar-refractivity contribution is -0.870. The third kappa shape index (κ3) is 22.9. The average Bonchev–Trinajstić information content (AvgIpc) is 2.75. The van der Waals surface area contributed by atoms with Crippen molar-refractivity contribution in [3.8, 4) is 0 Å². The Morgan fingerprint density at radius 2 is 1.51 bits per heavy atom. The van der Waals surface area contributed by atoms with E-state index in [1.807, 2.05) is 27.2 Å². The number of unbranched alkanes of at least 4 members (excludes halogenated alkanes) is 6. The Morgan fingerprint density at radius 3 is 2.06 bits per heavy atom. The van der Waals surface area contributed by atoms with E-state index in [2.05, 4.69) is 36.5 Å². The highest BCUT2D eigenvalue weighted by Gasteiger charge is 2.27. The van der Waals surface area contributed by atoms with E-state index in [-0.39, 0.29) is 19.1 Å². The van der Waals surface area contributed by atoms with Crippen molar-refractivity contribution in [3.05, 3.63) is 36.5 Å². The van der Waals surface area contributed by atoms with Crippen molar-refractivity contribution in [1.29, 1.82) is 0 Å². The Balaban J connectivity index is 4.29. The Bertz CT molecular complexity index is 688. The number of nitrogens with zero attached hydrogens (tertiary/aromatic N) is 1. The first kappa shape index (κ1) is 33.7. The van der Waals surface area contributed by atoms with Gasteiger partial charge in [-0.05, 0) is 38.5 Å². The molecule has 0 saturated carbocycles. The fourth-order valence-corrected chi connectivity index (χ4v) is 3.78. The van der Waals surface area contributed by atoms with E-state index < -0.39 is 20.0 Å². The van der Waals surface area contributed by atoms with Gasteiger partial charge in [0.1, 0.15) is 13.2 Å². The van der Waals surface area contributed by atoms with Crippen LogP contribution in [0.3, 0.4) is 0 Å². The van der Waals surface area contributed by atoms with Crippen LogP contribution in [0.2, 0.25) is 0 Å². The normalized spacial score (nSPS) is 16.2. The van der Waals surface area contributed by atoms with Crippen molar-refractivity contribution in [2.24, 2.45) is 0 Å². The van der Waals surface area contributed by atoms with Gasteiger partial charge in [0.15, 0.2) is 0 Å². The van der Waals surface area contributed by atoms with Gasteiger partial charge < -0.3 is 19.8 Å². The third-order valence-corrected chi connectivity index (χ3v) is 6.11. The summed E-state index contributed by atoms with van der Waals surface area (Å²) >= 11 is 0. The van der Waals surface area contributed by atoms with E-state index in [1.165, 1.54) is 39.0 Å². The molecule has 35 heavy (non-hydrogen) atoms. The Labute approximate surface area is 213 Å². The van der Waals surface area contributed by atoms with Crippen LogP contribution in [0.4, 0.5) is 0 Å². The van der Waals surface area contributed by atoms with Gasteiger partial charge in [0.05, 0.1) is 39.9 Å². The standard InChI is InChI=1S/C26H49N2O6P/c1-6-7-8-9-10-11-12-13-14-15-16-17-18-19-20-26(30)25(27-24(2)29)23-34-35(31,32)33-22-21-28(3,4)5/h11-12,15-16,19-20,25-26,30H,6-10,13-14,17-18,21-23H2,1-5H3,(H-,27,29,31,32)/p+1/b12-11+,16-15+,20-19+. The number of likely N-dealkylation sites (N-methyl/N-ethyl adjacent to an activating group) is 1. The van der Waals surface area contributed by atoms with Crippen molar-refractivity contribution in [1.82, 2.24) is 5.32 Å². The maximum absolute atomic E-state index is 12.1. The molecule has 0 aliphatic carbocycles. The van der Waals surface area contributed by atoms with Crippen LogP contribution in [-0.4, -0.2) is 73.4 Å². The zero-order chi connectivity index (χ0) is 26.6. The van der Waals surface area contributed by atoms with Crippen LogP contribution in [0.15, 0.2) is 36.5 Å². The van der Waals surface area contributed by atoms with Gasteiger partial charge in [-0.15, -0.1) is 0 Å². The highest BCUT2D eigenvalue weighted by molar-refractivity contribution is 7.47. The van der Waals surface area contributed by atoms with Gasteiger partial charge >= 0.3 is 7.82 Å². The summed E-state index contributed by atoms with van der Waals surface area (Å²) in [4.78, 5) is 21.4. The van der Waals surface area contributed by atoms with Crippen LogP contribution in [0.25, 0.3) is 0 Å². The SMILES string of the molecule is CCCCCC/C=C/CC/C=C/CC/C=C/C(O)C(COP(=O)(O)OCC[N+](C)(C)C)NC(C)=O. The third-order valence-electron chi connectivity index (χ3n) is 5.13. The van der Waals surface area contributed by atoms with E-state index in [4.69, 9.17) is 9.05 Å². The first-order valence-electron chi connectivity index (χ1n) is 12.8. The van der Waals surface area contributed by atoms with E-state index in [1.54, 1.807) is 6.08 Å². The van der Waals surface area contributed by atoms with Crippen LogP contribution in [0.5, 0.6) is 0 Å². The minimum Gasteiger partial charge on any atom is -0.387 e. The molecule has 0 spiro atoms. The number of phosphoric ester groups is 1. The van der Waals surface area contributed by atoms with E-state index in [0.29, 0.717) is 11.0 Å². The maximum Gasteiger partial charge on any atom is 0.472 e. The molecule has 9 heteroatoms. The predicted molar refractivity (Wildman–Crippen MR) is 143 cm³/mol. The second kappa shape index (κ2) is 19.9. The average molecular weight is 518 g/mol. The molecule has 8 nitrogen and oxygen atoms in total. The van der Waals surface area contributed by atoms with Crippen molar-refractivity contribution in [2.45, 2.75) is 83.8 Å². The fraction of sp³-hybridized carbons (Fsp3) is 0.731. The van der Waals surface area contributed by atoms with Crippen LogP contribution < -0.4 is 5.32 Å². The summed E-state index contributed by atoms with van der Waals surface area (Å²) in [5.41, 5.74) is 0. The minimum absolute atomic E-state index is 0.0490. The number of amides is 1. The molecule has 0 fully saturated rings. The second-order valence-electron chi connectivity index (χ2n) is 9.78. The van der Waals surface area contributed by atoms with Crippen molar-refractivity contribution in [2.75, 3.05) is 40.9 Å². The van der Waals surface area contributed by atoms with Crippen LogP contribution in [0, 0.1) is 0 Å². The molecule has 0 aliphatic rings. The number of quaternary nitrogens is 1. The van der Waals surface area contributed by atoms with E-state index in [0.717, 1.165) is 25.7 Å². The quantitative estimate of drug-likeness (QED) is 0.0867. The summed E-state index contributed by atoms with van der Waals surface area (Å²) < 4.78 is 22.6. The van der Waals surface area contributed by atoms with Crippen LogP contribution in [0.1, 0.15) is 71.6 Å². The molecule has 204 valence electrons. The number of aliphatic hydroxyl groups excluding tert-OH is 1. The molecule has 0 aromatic heterocycles. The smallest absolute Gasteiger partial charge is 0.387 e. The molecule has 3 unspecified atom stereocenters. The Morgan fingerprint density at radius 1 is 0.943 bits per heavy atom. The van der Waals surface area contributed by atoms with Gasteiger partial charge in [0.25, 0.3) is 0 Å². The van der Waals surface area contributed by atoms with Gasteiger partial charge in [-0.2, -0.15) is 0 Å². The number of hydrogen-bond acceptors (Lipinski definition) is 5. The summed E-state index contributed by atoms with van der Waals surface area (Å²) in [7, 11) is 1.52. The Hall–Kier alpha value is -1.28. The van der Waals surface area contributed by atoms with E-state index in [9.17, 15) is 19.4 Å². The monoisotopic (exact) mass is 517 g/mol. The minimum atomic E-state index is -4.29. The predicted octanol–water partition coefficient (Wildman–Crippen LogP) is 4.89. The number of carbonyl (C=O) groups is 1. The van der Waals surface area contributed by atoms with Gasteiger partial charge in [0.2, 0.25) is 5.91 Å². The van der Waals surface area contributed by atoms with Gasteiger partial charge in [-0.1, -0.05) is 62.6 Å². The molecular formula is C26H50N2O6P+. The van der Waals surface area contributed by atoms with Crippen molar-refractivity contribution >= 4 is 13.7 Å². The number of carbonyl (C=O) groups excluding carboxylic acids is 1. The molecule has 1 amide bonds. The molecule has 3 N–H and O–H groups in total. The first-order valence-corrected chi connectivity index (χ1v) is 14.3. The first-order chi connectivity index (χ1) is 16.5. The van der Waals surface area contributed by atoms with Gasteiger partial charge in [0, 0.05) is 6.92 Å². The largest absolute Gasteiger partial charge is 0.472 e. The van der Waals surface area contributed by atoms with Gasteiger partial charge in [-0.25, -0.2) is 4.57 Å². The van der Waals surface area contributed by atoms with Crippen molar-refractivity contribution in [3.63, 3.8) is 0 Å². The van der Waals surface area contributed by atoms with E-state index >= 15 is 0 Å². The molecule has 0 saturated heterocycles. The van der Waals surface area contributed by atoms with Crippen LogP contribution in [-0.2, 0) is 18.4 Å². The van der Waals surface area contributed by atoms with Gasteiger partial charge in [-0.3, -0.25) is 13.8 Å².